The molecule has 0 aliphatic heterocycles. The molecule has 0 aliphatic carbocycles. The largest absolute Gasteiger partial charge is 0.493 e. The van der Waals surface area contributed by atoms with E-state index in [4.69, 9.17) is 20.9 Å². The van der Waals surface area contributed by atoms with Gasteiger partial charge in [0.2, 0.25) is 0 Å². The maximum Gasteiger partial charge on any atom is 0.253 e. The number of benzene rings is 2. The van der Waals surface area contributed by atoms with Gasteiger partial charge >= 0.3 is 0 Å². The molecule has 7 heteroatoms. The van der Waals surface area contributed by atoms with Gasteiger partial charge in [-0.3, -0.25) is 0 Å². The number of nitrogens with zero attached hydrogens (tertiary/aromatic N) is 3. The van der Waals surface area contributed by atoms with Crippen LogP contribution in [0.5, 0.6) is 11.5 Å². The minimum Gasteiger partial charge on any atom is -0.493 e. The normalized spacial score (nSPS) is 10.4. The van der Waals surface area contributed by atoms with Crippen molar-refractivity contribution in [2.45, 2.75) is 0 Å². The molecule has 2 aromatic carbocycles. The van der Waals surface area contributed by atoms with Crippen LogP contribution in [-0.2, 0) is 0 Å². The fourth-order valence-corrected chi connectivity index (χ4v) is 2.42. The van der Waals surface area contributed by atoms with Crippen LogP contribution in [0.2, 0.25) is 0 Å². The fourth-order valence-electron chi connectivity index (χ4n) is 2.42. The van der Waals surface area contributed by atoms with E-state index in [1.54, 1.807) is 20.3 Å². The Hall–Kier alpha value is -3.35. The molecule has 0 saturated heterocycles. The number of methoxy groups -OCH3 is 2. The van der Waals surface area contributed by atoms with Crippen molar-refractivity contribution in [1.82, 2.24) is 9.97 Å². The molecule has 0 spiro atoms. The minimum absolute atomic E-state index is 0.103. The number of aromatic nitrogens is 2. The van der Waals surface area contributed by atoms with Crippen LogP contribution in [0, 0.1) is 0 Å². The molecule has 3 aromatic rings. The predicted molar refractivity (Wildman–Crippen MR) is 93.5 cm³/mol. The highest BCUT2D eigenvalue weighted by Crippen LogP contribution is 2.36. The summed E-state index contributed by atoms with van der Waals surface area (Å²) in [5.74, 6) is 1.25. The van der Waals surface area contributed by atoms with E-state index >= 15 is 0 Å². The third-order valence-electron chi connectivity index (χ3n) is 3.47. The molecule has 7 nitrogen and oxygen atoms in total. The number of aliphatic imine (C=N–C) groups is 1. The second kappa shape index (κ2) is 6.41. The van der Waals surface area contributed by atoms with Crippen LogP contribution in [-0.4, -0.2) is 30.1 Å². The van der Waals surface area contributed by atoms with E-state index < -0.39 is 0 Å². The number of nitrogens with two attached hydrogens (primary N) is 2. The van der Waals surface area contributed by atoms with Crippen molar-refractivity contribution in [3.8, 4) is 22.8 Å². The smallest absolute Gasteiger partial charge is 0.253 e. The second-order valence-corrected chi connectivity index (χ2v) is 5.00. The van der Waals surface area contributed by atoms with Gasteiger partial charge in [-0.05, 0) is 6.07 Å². The first-order chi connectivity index (χ1) is 11.6. The topological polar surface area (TPSA) is 109 Å². The molecule has 3 rings (SSSR count). The lowest BCUT2D eigenvalue weighted by molar-refractivity contribution is 0.356. The molecule has 0 amide bonds. The van der Waals surface area contributed by atoms with Crippen LogP contribution < -0.4 is 20.9 Å². The molecule has 0 bridgehead atoms. The Morgan fingerprint density at radius 1 is 0.958 bits per heavy atom. The molecule has 0 unspecified atom stereocenters. The maximum atomic E-state index is 5.46. The molecule has 0 aliphatic rings. The average Bonchev–Trinajstić information content (AvgIpc) is 2.60. The van der Waals surface area contributed by atoms with Crippen molar-refractivity contribution < 1.29 is 9.47 Å². The van der Waals surface area contributed by atoms with Crippen LogP contribution in [0.4, 0.5) is 5.95 Å². The monoisotopic (exact) mass is 323 g/mol. The highest BCUT2D eigenvalue weighted by Gasteiger charge is 2.14. The molecule has 24 heavy (non-hydrogen) atoms. The summed E-state index contributed by atoms with van der Waals surface area (Å²) >= 11 is 0. The van der Waals surface area contributed by atoms with Crippen molar-refractivity contribution >= 4 is 22.8 Å². The van der Waals surface area contributed by atoms with Gasteiger partial charge in [-0.15, -0.1) is 0 Å². The van der Waals surface area contributed by atoms with Gasteiger partial charge in [-0.25, -0.2) is 9.97 Å². The first-order valence-corrected chi connectivity index (χ1v) is 7.21. The van der Waals surface area contributed by atoms with Crippen molar-refractivity contribution in [1.29, 1.82) is 0 Å². The van der Waals surface area contributed by atoms with Gasteiger partial charge in [-0.1, -0.05) is 30.3 Å². The fraction of sp³-hybridized carbons (Fsp3) is 0.118. The summed E-state index contributed by atoms with van der Waals surface area (Å²) in [6.45, 7) is 0. The quantitative estimate of drug-likeness (QED) is 0.563. The molecular weight excluding hydrogens is 306 g/mol. The van der Waals surface area contributed by atoms with E-state index in [0.29, 0.717) is 22.7 Å². The van der Waals surface area contributed by atoms with E-state index in [0.717, 1.165) is 10.9 Å². The molecule has 0 saturated carbocycles. The van der Waals surface area contributed by atoms with Gasteiger partial charge in [0.1, 0.15) is 0 Å². The Kier molecular flexibility index (Phi) is 4.15. The number of hydrogen-bond acceptors (Lipinski definition) is 5. The van der Waals surface area contributed by atoms with E-state index in [1.807, 2.05) is 36.4 Å². The van der Waals surface area contributed by atoms with Crippen LogP contribution in [0.15, 0.2) is 47.5 Å². The molecule has 0 fully saturated rings. The van der Waals surface area contributed by atoms with E-state index in [2.05, 4.69) is 15.0 Å². The van der Waals surface area contributed by atoms with Crippen LogP contribution in [0.25, 0.3) is 22.2 Å². The zero-order chi connectivity index (χ0) is 17.1. The maximum absolute atomic E-state index is 5.46. The van der Waals surface area contributed by atoms with Crippen molar-refractivity contribution in [3.63, 3.8) is 0 Å². The molecule has 0 atom stereocenters. The van der Waals surface area contributed by atoms with E-state index in [-0.39, 0.29) is 11.9 Å². The number of rotatable bonds is 4. The molecule has 122 valence electrons. The summed E-state index contributed by atoms with van der Waals surface area (Å²) in [5, 5.41) is 0.813. The first-order valence-electron chi connectivity index (χ1n) is 7.21. The second-order valence-electron chi connectivity index (χ2n) is 5.00. The zero-order valence-corrected chi connectivity index (χ0v) is 13.4. The highest BCUT2D eigenvalue weighted by atomic mass is 16.5. The van der Waals surface area contributed by atoms with Gasteiger partial charge in [0.15, 0.2) is 17.5 Å². The average molecular weight is 323 g/mol. The summed E-state index contributed by atoms with van der Waals surface area (Å²) in [7, 11) is 3.15. The van der Waals surface area contributed by atoms with Gasteiger partial charge in [0, 0.05) is 17.0 Å². The Labute approximate surface area is 139 Å². The van der Waals surface area contributed by atoms with Gasteiger partial charge in [-0.2, -0.15) is 4.99 Å². The molecule has 1 heterocycles. The standard InChI is InChI=1S/C17H17N5O2/c1-23-13-8-11-12(9-14(13)24-2)20-17(22-16(18)19)21-15(11)10-6-4-3-5-7-10/h3-9H,1-2H3,(H4,18,19,20,21,22). The Balaban J connectivity index is 2.35. The third-order valence-corrected chi connectivity index (χ3v) is 3.47. The number of hydrogen-bond donors (Lipinski definition) is 2. The zero-order valence-electron chi connectivity index (χ0n) is 13.4. The van der Waals surface area contributed by atoms with Crippen molar-refractivity contribution in [3.05, 3.63) is 42.5 Å². The van der Waals surface area contributed by atoms with Crippen LogP contribution in [0.3, 0.4) is 0 Å². The van der Waals surface area contributed by atoms with E-state index in [1.165, 1.54) is 0 Å². The number of guanidine groups is 1. The first kappa shape index (κ1) is 15.5. The Morgan fingerprint density at radius 3 is 2.25 bits per heavy atom. The minimum atomic E-state index is -0.103. The summed E-state index contributed by atoms with van der Waals surface area (Å²) in [4.78, 5) is 12.9. The molecular formula is C17H17N5O2. The Bertz CT molecular complexity index is 906. The lowest BCUT2D eigenvalue weighted by atomic mass is 10.1. The molecule has 0 radical (unpaired) electrons. The van der Waals surface area contributed by atoms with Crippen LogP contribution in [0.1, 0.15) is 0 Å². The van der Waals surface area contributed by atoms with Crippen molar-refractivity contribution in [2.24, 2.45) is 16.5 Å². The summed E-state index contributed by atoms with van der Waals surface area (Å²) in [5.41, 5.74) is 13.2. The molecule has 1 aromatic heterocycles. The SMILES string of the molecule is COc1cc2nc(N=C(N)N)nc(-c3ccccc3)c2cc1OC. The molecule has 4 N–H and O–H groups in total. The van der Waals surface area contributed by atoms with Crippen molar-refractivity contribution in [2.75, 3.05) is 14.2 Å². The van der Waals surface area contributed by atoms with Crippen LogP contribution >= 0.6 is 0 Å². The lowest BCUT2D eigenvalue weighted by Crippen LogP contribution is -2.22. The van der Waals surface area contributed by atoms with Gasteiger partial charge in [0.05, 0.1) is 25.4 Å². The van der Waals surface area contributed by atoms with Gasteiger partial charge < -0.3 is 20.9 Å². The number of ether oxygens (including phenoxy) is 2. The Morgan fingerprint density at radius 2 is 1.62 bits per heavy atom. The third kappa shape index (κ3) is 2.91. The summed E-state index contributed by atoms with van der Waals surface area (Å²) in [6.07, 6.45) is 0. The summed E-state index contributed by atoms with van der Waals surface area (Å²) < 4.78 is 10.7. The number of fused-ring (bicyclic) bond motifs is 1. The lowest BCUT2D eigenvalue weighted by Gasteiger charge is -2.12. The highest BCUT2D eigenvalue weighted by molar-refractivity contribution is 5.95. The van der Waals surface area contributed by atoms with E-state index in [9.17, 15) is 0 Å². The van der Waals surface area contributed by atoms with Gasteiger partial charge in [0.25, 0.3) is 5.95 Å². The predicted octanol–water partition coefficient (Wildman–Crippen LogP) is 2.22. The summed E-state index contributed by atoms with van der Waals surface area (Å²) in [6, 6.07) is 13.3.